The Balaban J connectivity index is 1.89. The Morgan fingerprint density at radius 2 is 1.58 bits per heavy atom. The third kappa shape index (κ3) is 4.85. The lowest BCUT2D eigenvalue weighted by Gasteiger charge is -2.26. The van der Waals surface area contributed by atoms with Crippen molar-refractivity contribution in [2.75, 3.05) is 11.5 Å². The minimum Gasteiger partial charge on any atom is -0.507 e. The minimum absolute atomic E-state index is 0.00892. The Labute approximate surface area is 211 Å². The molecular formula is C30H31NO5. The maximum absolute atomic E-state index is 13.4. The van der Waals surface area contributed by atoms with Crippen LogP contribution in [0.5, 0.6) is 11.5 Å². The van der Waals surface area contributed by atoms with Crippen molar-refractivity contribution in [3.8, 4) is 11.5 Å². The molecule has 1 N–H and O–H groups in total. The first-order valence-corrected chi connectivity index (χ1v) is 12.1. The number of amides is 1. The maximum Gasteiger partial charge on any atom is 0.300 e. The molecule has 0 aromatic heterocycles. The Morgan fingerprint density at radius 3 is 2.19 bits per heavy atom. The van der Waals surface area contributed by atoms with E-state index in [2.05, 4.69) is 0 Å². The zero-order chi connectivity index (χ0) is 26.0. The second-order valence-corrected chi connectivity index (χ2v) is 9.15. The van der Waals surface area contributed by atoms with Crippen molar-refractivity contribution in [3.63, 3.8) is 0 Å². The molecule has 0 spiro atoms. The van der Waals surface area contributed by atoms with Gasteiger partial charge in [0.2, 0.25) is 0 Å². The molecule has 3 aromatic rings. The summed E-state index contributed by atoms with van der Waals surface area (Å²) in [5.41, 5.74) is 3.56. The molecule has 1 amide bonds. The number of hydrogen-bond acceptors (Lipinski definition) is 5. The van der Waals surface area contributed by atoms with Crippen LogP contribution in [-0.2, 0) is 9.59 Å². The van der Waals surface area contributed by atoms with Crippen molar-refractivity contribution >= 4 is 23.1 Å². The molecule has 3 aromatic carbocycles. The van der Waals surface area contributed by atoms with Gasteiger partial charge < -0.3 is 14.6 Å². The van der Waals surface area contributed by atoms with Gasteiger partial charge in [0.15, 0.2) is 0 Å². The number of carbonyl (C=O) groups is 2. The molecule has 1 atom stereocenters. The summed E-state index contributed by atoms with van der Waals surface area (Å²) >= 11 is 0. The highest BCUT2D eigenvalue weighted by Gasteiger charge is 2.47. The lowest BCUT2D eigenvalue weighted by Crippen LogP contribution is -2.29. The molecule has 1 unspecified atom stereocenters. The molecule has 0 radical (unpaired) electrons. The van der Waals surface area contributed by atoms with Gasteiger partial charge in [0.05, 0.1) is 24.3 Å². The van der Waals surface area contributed by atoms with Gasteiger partial charge in [-0.25, -0.2) is 0 Å². The summed E-state index contributed by atoms with van der Waals surface area (Å²) in [5, 5.41) is 11.4. The summed E-state index contributed by atoms with van der Waals surface area (Å²) in [7, 11) is 0. The molecule has 1 aliphatic heterocycles. The van der Waals surface area contributed by atoms with E-state index in [1.165, 1.54) is 4.90 Å². The van der Waals surface area contributed by atoms with E-state index in [-0.39, 0.29) is 17.4 Å². The van der Waals surface area contributed by atoms with Gasteiger partial charge >= 0.3 is 0 Å². The number of aryl methyl sites for hydroxylation is 2. The van der Waals surface area contributed by atoms with Gasteiger partial charge in [-0.2, -0.15) is 0 Å². The third-order valence-corrected chi connectivity index (χ3v) is 6.09. The van der Waals surface area contributed by atoms with Crippen molar-refractivity contribution in [3.05, 3.63) is 94.6 Å². The average Bonchev–Trinajstić information content (AvgIpc) is 3.11. The van der Waals surface area contributed by atoms with Crippen LogP contribution in [0.2, 0.25) is 0 Å². The normalized spacial score (nSPS) is 17.1. The van der Waals surface area contributed by atoms with E-state index >= 15 is 0 Å². The second-order valence-electron chi connectivity index (χ2n) is 9.15. The summed E-state index contributed by atoms with van der Waals surface area (Å²) < 4.78 is 11.3. The lowest BCUT2D eigenvalue weighted by atomic mass is 9.93. The van der Waals surface area contributed by atoms with Gasteiger partial charge in [-0.3, -0.25) is 14.5 Å². The zero-order valence-corrected chi connectivity index (χ0v) is 21.2. The SMILES string of the molecule is CCOc1ccc(N2C(=O)C(=O)/C(=C(/O)c3cc(C)ccc3C)C2c2ccc(OC(C)C)cc2)cc1. The fraction of sp³-hybridized carbons (Fsp3) is 0.267. The Bertz CT molecular complexity index is 1310. The zero-order valence-electron chi connectivity index (χ0n) is 21.2. The monoisotopic (exact) mass is 485 g/mol. The Morgan fingerprint density at radius 1 is 0.944 bits per heavy atom. The molecule has 6 nitrogen and oxygen atoms in total. The molecule has 1 heterocycles. The summed E-state index contributed by atoms with van der Waals surface area (Å²) in [6, 6.07) is 19.1. The van der Waals surface area contributed by atoms with E-state index < -0.39 is 17.7 Å². The molecule has 1 fully saturated rings. The van der Waals surface area contributed by atoms with E-state index in [1.807, 2.05) is 77.1 Å². The highest BCUT2D eigenvalue weighted by atomic mass is 16.5. The van der Waals surface area contributed by atoms with Crippen molar-refractivity contribution in [2.24, 2.45) is 0 Å². The van der Waals surface area contributed by atoms with Crippen LogP contribution in [0.15, 0.2) is 72.3 Å². The summed E-state index contributed by atoms with van der Waals surface area (Å²) in [4.78, 5) is 28.2. The van der Waals surface area contributed by atoms with E-state index in [9.17, 15) is 14.7 Å². The number of rotatable bonds is 7. The first-order chi connectivity index (χ1) is 17.2. The molecule has 186 valence electrons. The number of hydrogen-bond donors (Lipinski definition) is 1. The fourth-order valence-electron chi connectivity index (χ4n) is 4.42. The maximum atomic E-state index is 13.4. The van der Waals surface area contributed by atoms with Crippen LogP contribution >= 0.6 is 0 Å². The molecule has 36 heavy (non-hydrogen) atoms. The van der Waals surface area contributed by atoms with E-state index in [0.29, 0.717) is 34.9 Å². The topological polar surface area (TPSA) is 76.1 Å². The van der Waals surface area contributed by atoms with Crippen LogP contribution in [0.25, 0.3) is 5.76 Å². The third-order valence-electron chi connectivity index (χ3n) is 6.09. The number of ketones is 1. The number of anilines is 1. The van der Waals surface area contributed by atoms with E-state index in [0.717, 1.165) is 11.1 Å². The average molecular weight is 486 g/mol. The van der Waals surface area contributed by atoms with Crippen molar-refractivity contribution in [2.45, 2.75) is 46.8 Å². The predicted octanol–water partition coefficient (Wildman–Crippen LogP) is 6.12. The quantitative estimate of drug-likeness (QED) is 0.248. The largest absolute Gasteiger partial charge is 0.507 e. The summed E-state index contributed by atoms with van der Waals surface area (Å²) in [6.07, 6.45) is 0.00892. The number of Topliss-reactive ketones (excluding diaryl/α,β-unsaturated/α-hetero) is 1. The summed E-state index contributed by atoms with van der Waals surface area (Å²) in [6.45, 7) is 10.1. The smallest absolute Gasteiger partial charge is 0.300 e. The number of ether oxygens (including phenoxy) is 2. The molecule has 0 bridgehead atoms. The molecule has 1 aliphatic rings. The predicted molar refractivity (Wildman–Crippen MR) is 141 cm³/mol. The van der Waals surface area contributed by atoms with Gasteiger partial charge in [-0.1, -0.05) is 29.8 Å². The number of aliphatic hydroxyl groups is 1. The Kier molecular flexibility index (Phi) is 7.15. The minimum atomic E-state index is -0.809. The van der Waals surface area contributed by atoms with Gasteiger partial charge in [-0.15, -0.1) is 0 Å². The van der Waals surface area contributed by atoms with Crippen LogP contribution in [0, 0.1) is 13.8 Å². The van der Waals surface area contributed by atoms with Crippen molar-refractivity contribution in [1.29, 1.82) is 0 Å². The number of nitrogens with zero attached hydrogens (tertiary/aromatic N) is 1. The first-order valence-electron chi connectivity index (χ1n) is 12.1. The number of benzene rings is 3. The lowest BCUT2D eigenvalue weighted by molar-refractivity contribution is -0.132. The number of carbonyl (C=O) groups excluding carboxylic acids is 2. The summed E-state index contributed by atoms with van der Waals surface area (Å²) in [5.74, 6) is -0.259. The second kappa shape index (κ2) is 10.3. The van der Waals surface area contributed by atoms with Gasteiger partial charge in [0.1, 0.15) is 17.3 Å². The van der Waals surface area contributed by atoms with E-state index in [1.54, 1.807) is 24.3 Å². The van der Waals surface area contributed by atoms with Gasteiger partial charge in [0, 0.05) is 11.3 Å². The molecule has 6 heteroatoms. The Hall–Kier alpha value is -4.06. The molecule has 1 saturated heterocycles. The molecular weight excluding hydrogens is 454 g/mol. The highest BCUT2D eigenvalue weighted by molar-refractivity contribution is 6.51. The standard InChI is InChI=1S/C30H31NO5/c1-6-35-23-15-11-22(12-16-23)31-27(21-9-13-24(14-10-21)36-18(2)3)26(29(33)30(31)34)28(32)25-17-19(4)7-8-20(25)5/h7-18,27,32H,6H2,1-5H3/b28-26+. The first kappa shape index (κ1) is 25.0. The van der Waals surface area contributed by atoms with Crippen LogP contribution in [-0.4, -0.2) is 29.5 Å². The van der Waals surface area contributed by atoms with Crippen molar-refractivity contribution in [1.82, 2.24) is 0 Å². The highest BCUT2D eigenvalue weighted by Crippen LogP contribution is 2.43. The van der Waals surface area contributed by atoms with Crippen molar-refractivity contribution < 1.29 is 24.2 Å². The van der Waals surface area contributed by atoms with Gasteiger partial charge in [-0.05, 0) is 88.2 Å². The van der Waals surface area contributed by atoms with Crippen LogP contribution < -0.4 is 14.4 Å². The van der Waals surface area contributed by atoms with Crippen LogP contribution in [0.1, 0.15) is 49.1 Å². The molecule has 4 rings (SSSR count). The van der Waals surface area contributed by atoms with Crippen LogP contribution in [0.3, 0.4) is 0 Å². The number of aliphatic hydroxyl groups excluding tert-OH is 1. The molecule has 0 saturated carbocycles. The fourth-order valence-corrected chi connectivity index (χ4v) is 4.42. The van der Waals surface area contributed by atoms with Crippen LogP contribution in [0.4, 0.5) is 5.69 Å². The van der Waals surface area contributed by atoms with E-state index in [4.69, 9.17) is 9.47 Å². The van der Waals surface area contributed by atoms with Gasteiger partial charge in [0.25, 0.3) is 11.7 Å². The molecule has 0 aliphatic carbocycles.